The van der Waals surface area contributed by atoms with Crippen molar-refractivity contribution in [3.63, 3.8) is 0 Å². The van der Waals surface area contributed by atoms with E-state index < -0.39 is 0 Å². The molecule has 0 aliphatic heterocycles. The van der Waals surface area contributed by atoms with Gasteiger partial charge in [0.05, 0.1) is 6.61 Å². The molecule has 118 valence electrons. The Morgan fingerprint density at radius 2 is 1.68 bits per heavy atom. The van der Waals surface area contributed by atoms with Gasteiger partial charge in [-0.3, -0.25) is 0 Å². The Morgan fingerprint density at radius 1 is 1.00 bits per heavy atom. The second kappa shape index (κ2) is 7.65. The lowest BCUT2D eigenvalue weighted by Gasteiger charge is -2.14. The molecule has 0 saturated heterocycles. The first kappa shape index (κ1) is 16.8. The number of rotatable bonds is 6. The number of aryl methyl sites for hydroxylation is 1. The van der Waals surface area contributed by atoms with E-state index in [-0.39, 0.29) is 13.2 Å². The molecule has 2 aromatic carbocycles. The fourth-order valence-electron chi connectivity index (χ4n) is 2.22. The number of halogens is 1. The van der Waals surface area contributed by atoms with Crippen LogP contribution < -0.4 is 9.47 Å². The quantitative estimate of drug-likeness (QED) is 0.829. The van der Waals surface area contributed by atoms with E-state index in [2.05, 4.69) is 42.8 Å². The van der Waals surface area contributed by atoms with Crippen LogP contribution in [0.2, 0.25) is 0 Å². The zero-order chi connectivity index (χ0) is 16.1. The third-order valence-corrected chi connectivity index (χ3v) is 4.82. The third kappa shape index (κ3) is 4.02. The largest absolute Gasteiger partial charge is 0.491 e. The molecule has 0 atom stereocenters. The van der Waals surface area contributed by atoms with Crippen LogP contribution in [0.1, 0.15) is 22.3 Å². The van der Waals surface area contributed by atoms with E-state index in [0.717, 1.165) is 15.8 Å². The van der Waals surface area contributed by atoms with Crippen molar-refractivity contribution in [3.05, 3.63) is 57.1 Å². The molecule has 0 heterocycles. The molecular formula is C18H21BrO3. The molecule has 0 fully saturated rings. The fraction of sp³-hybridized carbons (Fsp3) is 0.333. The molecule has 2 aromatic rings. The maximum Gasteiger partial charge on any atom is 0.123 e. The minimum Gasteiger partial charge on any atom is -0.491 e. The summed E-state index contributed by atoms with van der Waals surface area (Å²) in [6.45, 7) is 7.13. The highest BCUT2D eigenvalue weighted by molar-refractivity contribution is 9.10. The van der Waals surface area contributed by atoms with Gasteiger partial charge in [0.15, 0.2) is 0 Å². The van der Waals surface area contributed by atoms with Crippen LogP contribution in [0.5, 0.6) is 11.5 Å². The molecular weight excluding hydrogens is 344 g/mol. The zero-order valence-corrected chi connectivity index (χ0v) is 14.7. The summed E-state index contributed by atoms with van der Waals surface area (Å²) < 4.78 is 12.4. The van der Waals surface area contributed by atoms with Crippen molar-refractivity contribution in [2.75, 3.05) is 13.2 Å². The monoisotopic (exact) mass is 364 g/mol. The highest BCUT2D eigenvalue weighted by Crippen LogP contribution is 2.28. The Bertz CT molecular complexity index is 653. The summed E-state index contributed by atoms with van der Waals surface area (Å²) in [6.07, 6.45) is 0. The van der Waals surface area contributed by atoms with Gasteiger partial charge in [0, 0.05) is 16.1 Å². The number of aliphatic hydroxyl groups excluding tert-OH is 1. The van der Waals surface area contributed by atoms with Crippen LogP contribution in [-0.4, -0.2) is 18.3 Å². The topological polar surface area (TPSA) is 38.7 Å². The van der Waals surface area contributed by atoms with Gasteiger partial charge in [0.2, 0.25) is 0 Å². The first-order valence-electron chi connectivity index (χ1n) is 7.24. The lowest BCUT2D eigenvalue weighted by Crippen LogP contribution is -2.03. The standard InChI is InChI=1S/C18H21BrO3/c1-12-9-15(18(19)14(3)13(12)2)11-22-17-6-4-5-16(10-17)21-8-7-20/h4-6,9-10,20H,7-8,11H2,1-3H3. The molecule has 22 heavy (non-hydrogen) atoms. The summed E-state index contributed by atoms with van der Waals surface area (Å²) in [5.41, 5.74) is 4.94. The number of aliphatic hydroxyl groups is 1. The van der Waals surface area contributed by atoms with Gasteiger partial charge in [-0.05, 0) is 49.6 Å². The first-order valence-corrected chi connectivity index (χ1v) is 8.04. The number of benzene rings is 2. The maximum atomic E-state index is 8.79. The Labute approximate surface area is 140 Å². The smallest absolute Gasteiger partial charge is 0.123 e. The fourth-order valence-corrected chi connectivity index (χ4v) is 2.74. The molecule has 0 radical (unpaired) electrons. The molecule has 0 saturated carbocycles. The van der Waals surface area contributed by atoms with Crippen LogP contribution in [0.3, 0.4) is 0 Å². The molecule has 0 unspecified atom stereocenters. The molecule has 1 N–H and O–H groups in total. The molecule has 0 aliphatic rings. The van der Waals surface area contributed by atoms with Crippen LogP contribution >= 0.6 is 15.9 Å². The zero-order valence-electron chi connectivity index (χ0n) is 13.1. The maximum absolute atomic E-state index is 8.79. The van der Waals surface area contributed by atoms with Crippen LogP contribution in [0, 0.1) is 20.8 Å². The molecule has 0 aromatic heterocycles. The minimum atomic E-state index is -0.0000479. The van der Waals surface area contributed by atoms with Crippen molar-refractivity contribution in [1.82, 2.24) is 0 Å². The normalized spacial score (nSPS) is 10.6. The lowest BCUT2D eigenvalue weighted by atomic mass is 10.0. The van der Waals surface area contributed by atoms with Crippen molar-refractivity contribution in [1.29, 1.82) is 0 Å². The third-order valence-electron chi connectivity index (χ3n) is 3.72. The van der Waals surface area contributed by atoms with Crippen LogP contribution in [0.4, 0.5) is 0 Å². The highest BCUT2D eigenvalue weighted by Gasteiger charge is 2.09. The van der Waals surface area contributed by atoms with Crippen LogP contribution in [-0.2, 0) is 6.61 Å². The van der Waals surface area contributed by atoms with Gasteiger partial charge in [-0.25, -0.2) is 0 Å². The molecule has 0 amide bonds. The number of hydrogen-bond donors (Lipinski definition) is 1. The van der Waals surface area contributed by atoms with Crippen LogP contribution in [0.15, 0.2) is 34.8 Å². The van der Waals surface area contributed by atoms with E-state index >= 15 is 0 Å². The van der Waals surface area contributed by atoms with Crippen molar-refractivity contribution in [3.8, 4) is 11.5 Å². The van der Waals surface area contributed by atoms with E-state index in [9.17, 15) is 0 Å². The Balaban J connectivity index is 2.10. The Hall–Kier alpha value is -1.52. The molecule has 2 rings (SSSR count). The van der Waals surface area contributed by atoms with Gasteiger partial charge >= 0.3 is 0 Å². The second-order valence-corrected chi connectivity index (χ2v) is 6.05. The van der Waals surface area contributed by atoms with E-state index in [0.29, 0.717) is 12.4 Å². The van der Waals surface area contributed by atoms with Crippen molar-refractivity contribution >= 4 is 15.9 Å². The molecule has 0 bridgehead atoms. The number of ether oxygens (including phenoxy) is 2. The van der Waals surface area contributed by atoms with Gasteiger partial charge in [-0.2, -0.15) is 0 Å². The lowest BCUT2D eigenvalue weighted by molar-refractivity contribution is 0.200. The van der Waals surface area contributed by atoms with E-state index in [1.807, 2.05) is 24.3 Å². The summed E-state index contributed by atoms with van der Waals surface area (Å²) >= 11 is 3.65. The summed E-state index contributed by atoms with van der Waals surface area (Å²) in [4.78, 5) is 0. The van der Waals surface area contributed by atoms with Gasteiger partial charge in [0.25, 0.3) is 0 Å². The first-order chi connectivity index (χ1) is 10.5. The summed E-state index contributed by atoms with van der Waals surface area (Å²) in [7, 11) is 0. The summed E-state index contributed by atoms with van der Waals surface area (Å²) in [5.74, 6) is 1.44. The van der Waals surface area contributed by atoms with Gasteiger partial charge < -0.3 is 14.6 Å². The number of hydrogen-bond acceptors (Lipinski definition) is 3. The minimum absolute atomic E-state index is 0.0000479. The van der Waals surface area contributed by atoms with Crippen molar-refractivity contribution < 1.29 is 14.6 Å². The molecule has 0 aliphatic carbocycles. The Kier molecular flexibility index (Phi) is 5.86. The van der Waals surface area contributed by atoms with Gasteiger partial charge in [-0.15, -0.1) is 0 Å². The molecule has 4 heteroatoms. The van der Waals surface area contributed by atoms with Crippen LogP contribution in [0.25, 0.3) is 0 Å². The van der Waals surface area contributed by atoms with Crippen molar-refractivity contribution in [2.45, 2.75) is 27.4 Å². The van der Waals surface area contributed by atoms with Gasteiger partial charge in [-0.1, -0.05) is 28.1 Å². The average Bonchev–Trinajstić information content (AvgIpc) is 2.53. The Morgan fingerprint density at radius 3 is 2.36 bits per heavy atom. The van der Waals surface area contributed by atoms with E-state index in [1.165, 1.54) is 16.7 Å². The second-order valence-electron chi connectivity index (χ2n) is 5.25. The van der Waals surface area contributed by atoms with E-state index in [4.69, 9.17) is 14.6 Å². The average molecular weight is 365 g/mol. The highest BCUT2D eigenvalue weighted by atomic mass is 79.9. The summed E-state index contributed by atoms with van der Waals surface area (Å²) in [5, 5.41) is 8.79. The van der Waals surface area contributed by atoms with E-state index in [1.54, 1.807) is 0 Å². The predicted molar refractivity (Wildman–Crippen MR) is 91.7 cm³/mol. The van der Waals surface area contributed by atoms with Gasteiger partial charge in [0.1, 0.15) is 24.7 Å². The molecule has 0 spiro atoms. The molecule has 3 nitrogen and oxygen atoms in total. The predicted octanol–water partition coefficient (Wildman–Crippen LogP) is 4.32. The SMILES string of the molecule is Cc1cc(COc2cccc(OCCO)c2)c(Br)c(C)c1C. The van der Waals surface area contributed by atoms with Crippen molar-refractivity contribution in [2.24, 2.45) is 0 Å². The summed E-state index contributed by atoms with van der Waals surface area (Å²) in [6, 6.07) is 9.60.